The van der Waals surface area contributed by atoms with Gasteiger partial charge in [0.05, 0.1) is 5.75 Å². The third-order valence-corrected chi connectivity index (χ3v) is 2.91. The molecule has 0 atom stereocenters. The molecule has 0 aliphatic rings. The van der Waals surface area contributed by atoms with Crippen LogP contribution in [-0.2, 0) is 10.1 Å². The van der Waals surface area contributed by atoms with Crippen LogP contribution in [0.3, 0.4) is 0 Å². The molecule has 0 aliphatic heterocycles. The molecule has 116 valence electrons. The molecule has 0 fully saturated rings. The van der Waals surface area contributed by atoms with Gasteiger partial charge < -0.3 is 0 Å². The summed E-state index contributed by atoms with van der Waals surface area (Å²) in [7, 11) is -5.44. The molecule has 0 unspecified atom stereocenters. The van der Waals surface area contributed by atoms with Gasteiger partial charge in [-0.15, -0.1) is 0 Å². The Hall–Kier alpha value is -0.720. The molecular weight excluding hydrogens is 323 g/mol. The van der Waals surface area contributed by atoms with Crippen LogP contribution in [0.25, 0.3) is 0 Å². The molecule has 19 heavy (non-hydrogen) atoms. The summed E-state index contributed by atoms with van der Waals surface area (Å²) in [6, 6.07) is 0. The maximum Gasteiger partial charge on any atom is 0.412 e. The predicted molar refractivity (Wildman–Crippen MR) is 41.6 cm³/mol. The quantitative estimate of drug-likeness (QED) is 0.640. The molecule has 0 aromatic heterocycles. The minimum atomic E-state index is -6.83. The van der Waals surface area contributed by atoms with Gasteiger partial charge in [-0.3, -0.25) is 4.55 Å². The number of hydrogen-bond donors (Lipinski definition) is 1. The van der Waals surface area contributed by atoms with Crippen molar-refractivity contribution in [1.82, 2.24) is 0 Å². The van der Waals surface area contributed by atoms with Crippen molar-refractivity contribution in [2.45, 2.75) is 24.9 Å². The second-order valence-corrected chi connectivity index (χ2v) is 5.01. The van der Waals surface area contributed by atoms with Gasteiger partial charge in [0, 0.05) is 0 Å². The molecule has 0 spiro atoms. The second kappa shape index (κ2) is 4.68. The van der Waals surface area contributed by atoms with Gasteiger partial charge in [-0.2, -0.15) is 47.9 Å². The fraction of sp³-hybridized carbons (Fsp3) is 1.00. The molecular formula is C6H5F9O3S. The lowest BCUT2D eigenvalue weighted by molar-refractivity contribution is -0.427. The first-order chi connectivity index (χ1) is 7.96. The van der Waals surface area contributed by atoms with Gasteiger partial charge in [-0.25, -0.2) is 0 Å². The normalized spacial score (nSPS) is 15.7. The summed E-state index contributed by atoms with van der Waals surface area (Å²) < 4.78 is 138. The Balaban J connectivity index is 5.97. The number of halogens is 9. The van der Waals surface area contributed by atoms with Crippen molar-refractivity contribution < 1.29 is 52.5 Å². The molecule has 0 rings (SSSR count). The van der Waals surface area contributed by atoms with E-state index in [-0.39, 0.29) is 0 Å². The van der Waals surface area contributed by atoms with E-state index in [1.807, 2.05) is 0 Å². The van der Waals surface area contributed by atoms with Crippen LogP contribution in [0.15, 0.2) is 0 Å². The Kier molecular flexibility index (Phi) is 4.50. The highest BCUT2D eigenvalue weighted by atomic mass is 32.2. The van der Waals surface area contributed by atoms with E-state index in [4.69, 9.17) is 4.55 Å². The van der Waals surface area contributed by atoms with Gasteiger partial charge in [-0.1, -0.05) is 0 Å². The van der Waals surface area contributed by atoms with E-state index in [0.29, 0.717) is 0 Å². The Labute approximate surface area is 99.7 Å². The zero-order valence-electron chi connectivity index (χ0n) is 8.49. The fourth-order valence-corrected chi connectivity index (χ4v) is 1.75. The van der Waals surface area contributed by atoms with E-state index in [1.165, 1.54) is 0 Å². The average molecular weight is 328 g/mol. The molecule has 3 nitrogen and oxygen atoms in total. The molecule has 0 aromatic carbocycles. The van der Waals surface area contributed by atoms with Gasteiger partial charge in [0.25, 0.3) is 15.5 Å². The highest BCUT2D eigenvalue weighted by molar-refractivity contribution is 7.85. The third-order valence-electron chi connectivity index (χ3n) is 2.19. The largest absolute Gasteiger partial charge is 0.412 e. The monoisotopic (exact) mass is 328 g/mol. The van der Waals surface area contributed by atoms with Crippen LogP contribution in [-0.4, -0.2) is 37.3 Å². The van der Waals surface area contributed by atoms with E-state index < -0.39 is 46.2 Å². The zero-order chi connectivity index (χ0) is 15.9. The lowest BCUT2D eigenvalue weighted by Gasteiger charge is -2.38. The number of rotatable bonds is 3. The summed E-state index contributed by atoms with van der Waals surface area (Å²) in [6.45, 7) is 0. The summed E-state index contributed by atoms with van der Waals surface area (Å²) in [5, 5.41) is 0. The molecule has 0 aliphatic carbocycles. The Bertz CT molecular complexity index is 379. The highest BCUT2D eigenvalue weighted by Gasteiger charge is 2.83. The molecule has 13 heteroatoms. The molecule has 0 amide bonds. The van der Waals surface area contributed by atoms with Crippen molar-refractivity contribution in [2.24, 2.45) is 5.41 Å². The van der Waals surface area contributed by atoms with Crippen LogP contribution in [0.1, 0.15) is 6.42 Å². The van der Waals surface area contributed by atoms with E-state index in [1.54, 1.807) is 0 Å². The van der Waals surface area contributed by atoms with E-state index in [9.17, 15) is 47.9 Å². The van der Waals surface area contributed by atoms with Gasteiger partial charge in [0.1, 0.15) is 0 Å². The van der Waals surface area contributed by atoms with Crippen LogP contribution in [0.5, 0.6) is 0 Å². The van der Waals surface area contributed by atoms with Crippen LogP contribution in [0, 0.1) is 5.41 Å². The SMILES string of the molecule is O=S(=O)(O)CCC(C(F)(F)F)(C(F)(F)F)C(F)(F)F. The molecule has 0 radical (unpaired) electrons. The molecule has 0 saturated carbocycles. The number of hydrogen-bond acceptors (Lipinski definition) is 2. The van der Waals surface area contributed by atoms with Crippen molar-refractivity contribution in [3.63, 3.8) is 0 Å². The Morgan fingerprint density at radius 2 is 1.00 bits per heavy atom. The second-order valence-electron chi connectivity index (χ2n) is 3.43. The Morgan fingerprint density at radius 3 is 1.16 bits per heavy atom. The lowest BCUT2D eigenvalue weighted by Crippen LogP contribution is -2.60. The van der Waals surface area contributed by atoms with Crippen molar-refractivity contribution in [1.29, 1.82) is 0 Å². The first-order valence-corrected chi connectivity index (χ1v) is 5.72. The average Bonchev–Trinajstić information content (AvgIpc) is 1.92. The lowest BCUT2D eigenvalue weighted by atomic mass is 9.82. The third kappa shape index (κ3) is 3.64. The maximum absolute atomic E-state index is 12.2. The van der Waals surface area contributed by atoms with Gasteiger partial charge >= 0.3 is 18.5 Å². The summed E-state index contributed by atoms with van der Waals surface area (Å²) in [5.41, 5.74) is -6.22. The summed E-state index contributed by atoms with van der Waals surface area (Å²) in [6.07, 6.45) is -23.4. The van der Waals surface area contributed by atoms with Crippen molar-refractivity contribution in [3.05, 3.63) is 0 Å². The van der Waals surface area contributed by atoms with Crippen LogP contribution >= 0.6 is 0 Å². The summed E-state index contributed by atoms with van der Waals surface area (Å²) in [4.78, 5) is 0. The summed E-state index contributed by atoms with van der Waals surface area (Å²) >= 11 is 0. The first-order valence-electron chi connectivity index (χ1n) is 4.11. The molecule has 0 bridgehead atoms. The zero-order valence-corrected chi connectivity index (χ0v) is 9.30. The van der Waals surface area contributed by atoms with Gasteiger partial charge in [0.15, 0.2) is 0 Å². The Morgan fingerprint density at radius 1 is 0.737 bits per heavy atom. The molecule has 0 heterocycles. The van der Waals surface area contributed by atoms with Crippen LogP contribution in [0.2, 0.25) is 0 Å². The van der Waals surface area contributed by atoms with Crippen molar-refractivity contribution >= 4 is 10.1 Å². The summed E-state index contributed by atoms with van der Waals surface area (Å²) in [5.74, 6) is -2.34. The molecule has 1 N–H and O–H groups in total. The topological polar surface area (TPSA) is 54.4 Å². The van der Waals surface area contributed by atoms with E-state index in [2.05, 4.69) is 0 Å². The van der Waals surface area contributed by atoms with Gasteiger partial charge in [-0.05, 0) is 6.42 Å². The molecule has 0 saturated heterocycles. The predicted octanol–water partition coefficient (Wildman–Crippen LogP) is 2.94. The number of alkyl halides is 9. The van der Waals surface area contributed by atoms with Crippen LogP contribution < -0.4 is 0 Å². The minimum absolute atomic E-state index is 2.34. The van der Waals surface area contributed by atoms with Crippen LogP contribution in [0.4, 0.5) is 39.5 Å². The first kappa shape index (κ1) is 18.3. The highest BCUT2D eigenvalue weighted by Crippen LogP contribution is 2.61. The smallest absolute Gasteiger partial charge is 0.286 e. The fourth-order valence-electron chi connectivity index (χ4n) is 1.19. The van der Waals surface area contributed by atoms with Crippen molar-refractivity contribution in [3.8, 4) is 0 Å². The van der Waals surface area contributed by atoms with E-state index in [0.717, 1.165) is 0 Å². The van der Waals surface area contributed by atoms with Crippen molar-refractivity contribution in [2.75, 3.05) is 5.75 Å². The standard InChI is InChI=1S/C6H5F9O3S/c7-4(8,9)3(5(10,11)12,6(13,14)15)1-2-19(16,17)18/h1-2H2,(H,16,17,18). The minimum Gasteiger partial charge on any atom is -0.286 e. The molecule has 0 aromatic rings. The van der Waals surface area contributed by atoms with Gasteiger partial charge in [0.2, 0.25) is 0 Å². The van der Waals surface area contributed by atoms with E-state index >= 15 is 0 Å². The maximum atomic E-state index is 12.2.